The normalized spacial score (nSPS) is 23.9. The number of allylic oxidation sites excluding steroid dienone is 4. The quantitative estimate of drug-likeness (QED) is 0.421. The summed E-state index contributed by atoms with van der Waals surface area (Å²) in [6, 6.07) is 5.11. The molecule has 9 rings (SSSR count). The third-order valence-electron chi connectivity index (χ3n) is 9.73. The number of nitrogens with one attached hydrogen (secondary N) is 2. The largest absolute Gasteiger partial charge is 0.383 e. The van der Waals surface area contributed by atoms with Crippen LogP contribution in [0.1, 0.15) is 73.9 Å². The monoisotopic (exact) mass is 535 g/mol. The average molecular weight is 536 g/mol. The van der Waals surface area contributed by atoms with Crippen molar-refractivity contribution in [3.05, 3.63) is 64.6 Å². The summed E-state index contributed by atoms with van der Waals surface area (Å²) in [5.41, 5.74) is 14.9. The van der Waals surface area contributed by atoms with Gasteiger partial charge < -0.3 is 16.4 Å². The van der Waals surface area contributed by atoms with E-state index in [9.17, 15) is 0 Å². The number of aromatic nitrogens is 5. The van der Waals surface area contributed by atoms with Crippen LogP contribution in [0, 0.1) is 0 Å². The van der Waals surface area contributed by atoms with Gasteiger partial charge in [0, 0.05) is 43.2 Å². The number of fused-ring (bicyclic) bond motifs is 4. The molecule has 0 amide bonds. The molecule has 9 nitrogen and oxygen atoms in total. The highest BCUT2D eigenvalue weighted by atomic mass is 15.4. The smallest absolute Gasteiger partial charge is 0.248 e. The lowest BCUT2D eigenvalue weighted by molar-refractivity contribution is 0.179. The lowest BCUT2D eigenvalue weighted by Crippen LogP contribution is -2.38. The number of anilines is 4. The van der Waals surface area contributed by atoms with Crippen molar-refractivity contribution in [2.24, 2.45) is 0 Å². The van der Waals surface area contributed by atoms with Gasteiger partial charge in [-0.1, -0.05) is 36.6 Å². The van der Waals surface area contributed by atoms with E-state index in [0.29, 0.717) is 11.9 Å². The van der Waals surface area contributed by atoms with Crippen LogP contribution in [-0.2, 0) is 24.8 Å². The van der Waals surface area contributed by atoms with Crippen molar-refractivity contribution in [2.75, 3.05) is 29.5 Å². The molecule has 2 aliphatic heterocycles. The highest BCUT2D eigenvalue weighted by Crippen LogP contribution is 2.48. The third-order valence-corrected chi connectivity index (χ3v) is 9.73. The van der Waals surface area contributed by atoms with Gasteiger partial charge in [0.25, 0.3) is 0 Å². The summed E-state index contributed by atoms with van der Waals surface area (Å²) in [7, 11) is 0. The minimum absolute atomic E-state index is 0.00846. The summed E-state index contributed by atoms with van der Waals surface area (Å²) >= 11 is 0. The number of nitrogens with two attached hydrogens (primary N) is 1. The maximum Gasteiger partial charge on any atom is 0.248 e. The number of pyridine rings is 2. The van der Waals surface area contributed by atoms with E-state index in [4.69, 9.17) is 20.8 Å². The molecule has 1 fully saturated rings. The Labute approximate surface area is 235 Å². The van der Waals surface area contributed by atoms with Crippen molar-refractivity contribution < 1.29 is 0 Å². The van der Waals surface area contributed by atoms with Crippen LogP contribution in [0.25, 0.3) is 5.82 Å². The van der Waals surface area contributed by atoms with Crippen LogP contribution in [0.5, 0.6) is 0 Å². The molecule has 9 heteroatoms. The molecule has 206 valence electrons. The molecule has 3 aromatic heterocycles. The Morgan fingerprint density at radius 1 is 1.05 bits per heavy atom. The zero-order valence-corrected chi connectivity index (χ0v) is 23.0. The molecule has 0 spiro atoms. The number of nitrogen functional groups attached to an aromatic ring is 1. The highest BCUT2D eigenvalue weighted by Gasteiger charge is 2.38. The van der Waals surface area contributed by atoms with Crippen LogP contribution in [-0.4, -0.2) is 48.8 Å². The molecule has 1 unspecified atom stereocenters. The lowest BCUT2D eigenvalue weighted by atomic mass is 9.65. The number of aryl methyl sites for hydroxylation is 1. The first kappa shape index (κ1) is 24.1. The molecule has 3 aromatic rings. The van der Waals surface area contributed by atoms with Crippen LogP contribution < -0.4 is 16.4 Å². The molecule has 4 aliphatic carbocycles. The predicted molar refractivity (Wildman–Crippen MR) is 157 cm³/mol. The van der Waals surface area contributed by atoms with Crippen molar-refractivity contribution in [3.8, 4) is 5.82 Å². The minimum atomic E-state index is -0.00846. The van der Waals surface area contributed by atoms with Gasteiger partial charge in [-0.25, -0.2) is 4.98 Å². The SMILES string of the molecule is Nc1nc(Nc2cnc3c(c2)CN(C2CCCC2)CC3)nn1-c1cc(C23C=CC(=CC2)CC3)c2c(n1)CCCN2. The van der Waals surface area contributed by atoms with Crippen molar-refractivity contribution in [3.63, 3.8) is 0 Å². The number of rotatable bonds is 5. The van der Waals surface area contributed by atoms with Gasteiger partial charge >= 0.3 is 0 Å². The number of nitrogens with zero attached hydrogens (tertiary/aromatic N) is 6. The zero-order valence-electron chi connectivity index (χ0n) is 23.0. The minimum Gasteiger partial charge on any atom is -0.383 e. The number of hydrogen-bond acceptors (Lipinski definition) is 8. The average Bonchev–Trinajstić information content (AvgIpc) is 3.67. The highest BCUT2D eigenvalue weighted by molar-refractivity contribution is 5.65. The van der Waals surface area contributed by atoms with Crippen LogP contribution in [0.4, 0.5) is 23.3 Å². The first-order valence-corrected chi connectivity index (χ1v) is 15.0. The van der Waals surface area contributed by atoms with E-state index in [2.05, 4.69) is 50.9 Å². The molecular weight excluding hydrogens is 498 g/mol. The molecule has 4 N–H and O–H groups in total. The molecule has 0 radical (unpaired) electrons. The second kappa shape index (κ2) is 9.44. The van der Waals surface area contributed by atoms with Crippen molar-refractivity contribution in [2.45, 2.75) is 82.2 Å². The van der Waals surface area contributed by atoms with E-state index in [1.807, 2.05) is 6.20 Å². The van der Waals surface area contributed by atoms with E-state index in [1.54, 1.807) is 4.68 Å². The molecule has 1 saturated carbocycles. The molecular formula is C31H37N9. The second-order valence-electron chi connectivity index (χ2n) is 12.2. The molecule has 5 heterocycles. The van der Waals surface area contributed by atoms with Crippen LogP contribution in [0.15, 0.2) is 42.1 Å². The standard InChI is InChI=1S/C31H37N9/c32-29-37-30(35-22-16-21-19-39(23-4-1-2-5-23)15-10-25(21)34-18-22)38-40(29)27-17-24(28-26(36-27)6-3-14-33-28)31-11-7-20(8-12-31)9-13-31/h7-8,11,16-18,23,33H,1-6,9-10,12-15,19H2,(H3,32,35,37,38). The van der Waals surface area contributed by atoms with Gasteiger partial charge in [-0.2, -0.15) is 9.67 Å². The van der Waals surface area contributed by atoms with Crippen molar-refractivity contribution in [1.82, 2.24) is 29.6 Å². The molecule has 0 saturated heterocycles. The third kappa shape index (κ3) is 4.10. The molecule has 0 aromatic carbocycles. The van der Waals surface area contributed by atoms with Gasteiger partial charge in [0.1, 0.15) is 0 Å². The van der Waals surface area contributed by atoms with E-state index >= 15 is 0 Å². The zero-order chi connectivity index (χ0) is 26.7. The Bertz CT molecular complexity index is 1530. The van der Waals surface area contributed by atoms with E-state index < -0.39 is 0 Å². The Balaban J connectivity index is 1.09. The van der Waals surface area contributed by atoms with E-state index in [-0.39, 0.29) is 5.41 Å². The Morgan fingerprint density at radius 2 is 1.98 bits per heavy atom. The second-order valence-corrected chi connectivity index (χ2v) is 12.2. The maximum absolute atomic E-state index is 6.45. The summed E-state index contributed by atoms with van der Waals surface area (Å²) in [6.45, 7) is 3.06. The summed E-state index contributed by atoms with van der Waals surface area (Å²) in [5, 5.41) is 11.8. The first-order valence-electron chi connectivity index (χ1n) is 15.0. The summed E-state index contributed by atoms with van der Waals surface area (Å²) in [6.07, 6.45) is 20.6. The Kier molecular flexibility index (Phi) is 5.69. The van der Waals surface area contributed by atoms with Gasteiger partial charge in [0.2, 0.25) is 11.9 Å². The van der Waals surface area contributed by atoms with Crippen molar-refractivity contribution >= 4 is 23.3 Å². The van der Waals surface area contributed by atoms with Gasteiger partial charge in [-0.05, 0) is 68.2 Å². The van der Waals surface area contributed by atoms with Gasteiger partial charge in [-0.3, -0.25) is 9.88 Å². The van der Waals surface area contributed by atoms with E-state index in [1.165, 1.54) is 53.8 Å². The maximum atomic E-state index is 6.45. The lowest BCUT2D eigenvalue weighted by Gasteiger charge is -2.40. The molecule has 6 aliphatic rings. The van der Waals surface area contributed by atoms with Crippen LogP contribution >= 0.6 is 0 Å². The van der Waals surface area contributed by atoms with Crippen LogP contribution in [0.3, 0.4) is 0 Å². The van der Waals surface area contributed by atoms with Crippen LogP contribution in [0.2, 0.25) is 0 Å². The van der Waals surface area contributed by atoms with Gasteiger partial charge in [-0.15, -0.1) is 5.10 Å². The first-order chi connectivity index (χ1) is 19.6. The predicted octanol–water partition coefficient (Wildman–Crippen LogP) is 4.96. The van der Waals surface area contributed by atoms with Gasteiger partial charge in [0.05, 0.1) is 23.3 Å². The molecule has 1 atom stereocenters. The fraction of sp³-hybridized carbons (Fsp3) is 0.484. The van der Waals surface area contributed by atoms with Crippen molar-refractivity contribution in [1.29, 1.82) is 0 Å². The van der Waals surface area contributed by atoms with E-state index in [0.717, 1.165) is 81.4 Å². The molecule has 40 heavy (non-hydrogen) atoms. The Hall–Kier alpha value is -3.72. The summed E-state index contributed by atoms with van der Waals surface area (Å²) < 4.78 is 1.68. The summed E-state index contributed by atoms with van der Waals surface area (Å²) in [4.78, 5) is 17.0. The summed E-state index contributed by atoms with van der Waals surface area (Å²) in [5.74, 6) is 1.52. The Morgan fingerprint density at radius 3 is 2.80 bits per heavy atom. The topological polar surface area (TPSA) is 110 Å². The fourth-order valence-electron chi connectivity index (χ4n) is 7.49. The fourth-order valence-corrected chi connectivity index (χ4v) is 7.49. The van der Waals surface area contributed by atoms with Gasteiger partial charge in [0.15, 0.2) is 5.82 Å². The number of hydrogen-bond donors (Lipinski definition) is 3. The molecule has 2 bridgehead atoms.